The Balaban J connectivity index is 1.88. The molecule has 0 radical (unpaired) electrons. The van der Waals surface area contributed by atoms with E-state index < -0.39 is 0 Å². The van der Waals surface area contributed by atoms with Gasteiger partial charge in [-0.2, -0.15) is 0 Å². The number of rotatable bonds is 4. The molecule has 0 aliphatic carbocycles. The first kappa shape index (κ1) is 13.9. The van der Waals surface area contributed by atoms with Crippen molar-refractivity contribution in [1.82, 2.24) is 5.32 Å². The van der Waals surface area contributed by atoms with Gasteiger partial charge in [-0.25, -0.2) is 0 Å². The highest BCUT2D eigenvalue weighted by Crippen LogP contribution is 2.27. The van der Waals surface area contributed by atoms with Gasteiger partial charge in [-0.1, -0.05) is 6.07 Å². The molecule has 1 aromatic carbocycles. The number of anilines is 1. The second-order valence-electron chi connectivity index (χ2n) is 5.38. The van der Waals surface area contributed by atoms with Gasteiger partial charge in [0.2, 0.25) is 0 Å². The first-order chi connectivity index (χ1) is 8.66. The second kappa shape index (κ2) is 6.58. The Morgan fingerprint density at radius 2 is 2.28 bits per heavy atom. The molecule has 0 bridgehead atoms. The van der Waals surface area contributed by atoms with Crippen LogP contribution in [0.15, 0.2) is 22.7 Å². The number of halogens is 1. The monoisotopic (exact) mass is 310 g/mol. The van der Waals surface area contributed by atoms with Gasteiger partial charge in [0, 0.05) is 18.1 Å². The second-order valence-corrected chi connectivity index (χ2v) is 6.23. The Bertz CT molecular complexity index is 386. The molecule has 0 spiro atoms. The zero-order valence-corrected chi connectivity index (χ0v) is 13.0. The average molecular weight is 311 g/mol. The number of benzene rings is 1. The molecule has 1 fully saturated rings. The molecule has 1 aliphatic heterocycles. The highest BCUT2D eigenvalue weighted by Gasteiger charge is 2.14. The summed E-state index contributed by atoms with van der Waals surface area (Å²) >= 11 is 3.66. The lowest BCUT2D eigenvalue weighted by Gasteiger charge is -2.27. The van der Waals surface area contributed by atoms with E-state index in [0.717, 1.165) is 12.5 Å². The molecule has 1 aliphatic rings. The van der Waals surface area contributed by atoms with Crippen molar-refractivity contribution in [2.75, 3.05) is 31.6 Å². The summed E-state index contributed by atoms with van der Waals surface area (Å²) < 4.78 is 1.20. The molecule has 0 aromatic heterocycles. The van der Waals surface area contributed by atoms with Crippen molar-refractivity contribution in [2.24, 2.45) is 5.92 Å². The van der Waals surface area contributed by atoms with E-state index in [2.05, 4.69) is 58.3 Å². The van der Waals surface area contributed by atoms with Gasteiger partial charge >= 0.3 is 0 Å². The van der Waals surface area contributed by atoms with Crippen LogP contribution < -0.4 is 10.2 Å². The van der Waals surface area contributed by atoms with Crippen molar-refractivity contribution < 1.29 is 0 Å². The van der Waals surface area contributed by atoms with Crippen LogP contribution in [0.2, 0.25) is 0 Å². The SMILES string of the molecule is Cc1ccc(N(C)CCC2CCCNC2)c(Br)c1. The predicted octanol–water partition coefficient (Wildman–Crippen LogP) is 3.58. The number of aryl methyl sites for hydroxylation is 1. The maximum Gasteiger partial charge on any atom is 0.0508 e. The molecule has 3 heteroatoms. The lowest BCUT2D eigenvalue weighted by atomic mass is 9.96. The molecule has 1 heterocycles. The fourth-order valence-corrected chi connectivity index (χ4v) is 3.38. The molecule has 1 aromatic rings. The number of nitrogens with zero attached hydrogens (tertiary/aromatic N) is 1. The number of piperidine rings is 1. The standard InChI is InChI=1S/C15H23BrN2/c1-12-5-6-15(14(16)10-12)18(2)9-7-13-4-3-8-17-11-13/h5-6,10,13,17H,3-4,7-9,11H2,1-2H3. The molecule has 100 valence electrons. The van der Waals surface area contributed by atoms with Crippen LogP contribution in [-0.4, -0.2) is 26.7 Å². The Morgan fingerprint density at radius 3 is 2.94 bits per heavy atom. The van der Waals surface area contributed by atoms with Gasteiger partial charge in [-0.05, 0) is 78.8 Å². The summed E-state index contributed by atoms with van der Waals surface area (Å²) in [7, 11) is 2.19. The predicted molar refractivity (Wildman–Crippen MR) is 82.4 cm³/mol. The summed E-state index contributed by atoms with van der Waals surface area (Å²) in [4.78, 5) is 2.36. The summed E-state index contributed by atoms with van der Waals surface area (Å²) in [6.07, 6.45) is 4.00. The van der Waals surface area contributed by atoms with Crippen LogP contribution in [0.4, 0.5) is 5.69 Å². The fourth-order valence-electron chi connectivity index (χ4n) is 2.59. The van der Waals surface area contributed by atoms with Gasteiger partial charge in [0.05, 0.1) is 5.69 Å². The van der Waals surface area contributed by atoms with Crippen molar-refractivity contribution in [2.45, 2.75) is 26.2 Å². The molecule has 18 heavy (non-hydrogen) atoms. The van der Waals surface area contributed by atoms with Crippen LogP contribution in [0.3, 0.4) is 0 Å². The Morgan fingerprint density at radius 1 is 1.44 bits per heavy atom. The third-order valence-electron chi connectivity index (χ3n) is 3.79. The summed E-state index contributed by atoms with van der Waals surface area (Å²) in [5.74, 6) is 0.852. The van der Waals surface area contributed by atoms with Gasteiger partial charge in [-0.3, -0.25) is 0 Å². The Hall–Kier alpha value is -0.540. The highest BCUT2D eigenvalue weighted by atomic mass is 79.9. The topological polar surface area (TPSA) is 15.3 Å². The van der Waals surface area contributed by atoms with Crippen molar-refractivity contribution >= 4 is 21.6 Å². The fraction of sp³-hybridized carbons (Fsp3) is 0.600. The van der Waals surface area contributed by atoms with Crippen LogP contribution >= 0.6 is 15.9 Å². The minimum Gasteiger partial charge on any atom is -0.374 e. The maximum atomic E-state index is 3.66. The van der Waals surface area contributed by atoms with Crippen molar-refractivity contribution in [1.29, 1.82) is 0 Å². The molecule has 0 amide bonds. The smallest absolute Gasteiger partial charge is 0.0508 e. The minimum atomic E-state index is 0.852. The zero-order chi connectivity index (χ0) is 13.0. The van der Waals surface area contributed by atoms with Gasteiger partial charge < -0.3 is 10.2 Å². The molecular formula is C15H23BrN2. The minimum absolute atomic E-state index is 0.852. The quantitative estimate of drug-likeness (QED) is 0.914. The van der Waals surface area contributed by atoms with E-state index in [1.807, 2.05) is 0 Å². The van der Waals surface area contributed by atoms with E-state index in [9.17, 15) is 0 Å². The van der Waals surface area contributed by atoms with Crippen LogP contribution in [-0.2, 0) is 0 Å². The third kappa shape index (κ3) is 3.72. The first-order valence-corrected chi connectivity index (χ1v) is 7.64. The van der Waals surface area contributed by atoms with E-state index in [4.69, 9.17) is 0 Å². The van der Waals surface area contributed by atoms with E-state index >= 15 is 0 Å². The zero-order valence-electron chi connectivity index (χ0n) is 11.4. The highest BCUT2D eigenvalue weighted by molar-refractivity contribution is 9.10. The molecular weight excluding hydrogens is 288 g/mol. The van der Waals surface area contributed by atoms with E-state index in [-0.39, 0.29) is 0 Å². The van der Waals surface area contributed by atoms with Crippen molar-refractivity contribution in [3.8, 4) is 0 Å². The van der Waals surface area contributed by atoms with Gasteiger partial charge in [0.25, 0.3) is 0 Å². The maximum absolute atomic E-state index is 3.66. The normalized spacial score (nSPS) is 19.8. The molecule has 1 unspecified atom stereocenters. The largest absolute Gasteiger partial charge is 0.374 e. The average Bonchev–Trinajstić information content (AvgIpc) is 2.37. The number of nitrogens with one attached hydrogen (secondary N) is 1. The Labute approximate surface area is 119 Å². The van der Waals surface area contributed by atoms with Crippen LogP contribution in [0.5, 0.6) is 0 Å². The lowest BCUT2D eigenvalue weighted by molar-refractivity contribution is 0.360. The third-order valence-corrected chi connectivity index (χ3v) is 4.42. The van der Waals surface area contributed by atoms with E-state index in [1.165, 1.54) is 48.1 Å². The lowest BCUT2D eigenvalue weighted by Crippen LogP contribution is -2.32. The van der Waals surface area contributed by atoms with E-state index in [1.54, 1.807) is 0 Å². The number of hydrogen-bond donors (Lipinski definition) is 1. The van der Waals surface area contributed by atoms with Gasteiger partial charge in [-0.15, -0.1) is 0 Å². The molecule has 1 atom stereocenters. The molecule has 2 nitrogen and oxygen atoms in total. The summed E-state index contributed by atoms with van der Waals surface area (Å²) in [6.45, 7) is 5.66. The molecule has 2 rings (SSSR count). The van der Waals surface area contributed by atoms with Gasteiger partial charge in [0.15, 0.2) is 0 Å². The Kier molecular flexibility index (Phi) is 5.07. The molecule has 0 saturated carbocycles. The van der Waals surface area contributed by atoms with Crippen LogP contribution in [0, 0.1) is 12.8 Å². The van der Waals surface area contributed by atoms with Gasteiger partial charge in [0.1, 0.15) is 0 Å². The van der Waals surface area contributed by atoms with Crippen molar-refractivity contribution in [3.63, 3.8) is 0 Å². The molecule has 1 saturated heterocycles. The van der Waals surface area contributed by atoms with Crippen LogP contribution in [0.25, 0.3) is 0 Å². The molecule has 1 N–H and O–H groups in total. The van der Waals surface area contributed by atoms with Crippen LogP contribution in [0.1, 0.15) is 24.8 Å². The first-order valence-electron chi connectivity index (χ1n) is 6.85. The summed E-state index contributed by atoms with van der Waals surface area (Å²) in [5, 5.41) is 3.49. The van der Waals surface area contributed by atoms with E-state index in [0.29, 0.717) is 0 Å². The summed E-state index contributed by atoms with van der Waals surface area (Å²) in [5.41, 5.74) is 2.60. The summed E-state index contributed by atoms with van der Waals surface area (Å²) in [6, 6.07) is 6.57. The number of hydrogen-bond acceptors (Lipinski definition) is 2. The van der Waals surface area contributed by atoms with Crippen molar-refractivity contribution in [3.05, 3.63) is 28.2 Å².